The van der Waals surface area contributed by atoms with Crippen molar-refractivity contribution in [2.45, 2.75) is 39.2 Å². The van der Waals surface area contributed by atoms with E-state index in [1.165, 1.54) is 0 Å². The predicted molar refractivity (Wildman–Crippen MR) is 60.6 cm³/mol. The van der Waals surface area contributed by atoms with Gasteiger partial charge in [0.25, 0.3) is 0 Å². The Kier molecular flexibility index (Phi) is 2.60. The van der Waals surface area contributed by atoms with Crippen LogP contribution in [0.1, 0.15) is 33.6 Å². The van der Waals surface area contributed by atoms with Gasteiger partial charge in [-0.05, 0) is 39.5 Å². The average Bonchev–Trinajstić information content (AvgIpc) is 2.88. The number of nitrogens with zero attached hydrogens (tertiary/aromatic N) is 1. The molecule has 1 N–H and O–H groups in total. The minimum atomic E-state index is -0.716. The number of aliphatic carboxylic acids is 1. The highest BCUT2D eigenvalue weighted by atomic mass is 16.6. The zero-order valence-electron chi connectivity index (χ0n) is 10.5. The molecule has 2 atom stereocenters. The zero-order chi connectivity index (χ0) is 12.8. The van der Waals surface area contributed by atoms with Crippen LogP contribution in [0, 0.1) is 11.3 Å². The van der Waals surface area contributed by atoms with Crippen molar-refractivity contribution in [2.24, 2.45) is 11.3 Å². The van der Waals surface area contributed by atoms with Crippen molar-refractivity contribution in [1.29, 1.82) is 0 Å². The van der Waals surface area contributed by atoms with Crippen LogP contribution >= 0.6 is 0 Å². The number of hydrogen-bond acceptors (Lipinski definition) is 3. The van der Waals surface area contributed by atoms with Crippen LogP contribution in [0.25, 0.3) is 0 Å². The van der Waals surface area contributed by atoms with E-state index in [-0.39, 0.29) is 12.0 Å². The molecular weight excluding hydrogens is 222 g/mol. The third-order valence-corrected chi connectivity index (χ3v) is 3.58. The molecule has 1 saturated carbocycles. The second-order valence-electron chi connectivity index (χ2n) is 6.04. The molecule has 1 aliphatic heterocycles. The number of carbonyl (C=O) groups is 2. The lowest BCUT2D eigenvalue weighted by Crippen LogP contribution is -2.43. The fourth-order valence-corrected chi connectivity index (χ4v) is 2.48. The summed E-state index contributed by atoms with van der Waals surface area (Å²) in [6, 6.07) is 0. The van der Waals surface area contributed by atoms with Crippen molar-refractivity contribution in [3.63, 3.8) is 0 Å². The first-order valence-corrected chi connectivity index (χ1v) is 5.96. The maximum absolute atomic E-state index is 11.8. The van der Waals surface area contributed by atoms with E-state index in [4.69, 9.17) is 9.84 Å². The van der Waals surface area contributed by atoms with E-state index in [1.54, 1.807) is 4.90 Å². The smallest absolute Gasteiger partial charge is 0.410 e. The molecule has 0 spiro atoms. The second kappa shape index (κ2) is 3.62. The number of carboxylic acids is 1. The summed E-state index contributed by atoms with van der Waals surface area (Å²) in [4.78, 5) is 24.5. The summed E-state index contributed by atoms with van der Waals surface area (Å²) in [5, 5.41) is 9.12. The first-order chi connectivity index (χ1) is 7.74. The van der Waals surface area contributed by atoms with E-state index < -0.39 is 17.0 Å². The monoisotopic (exact) mass is 241 g/mol. The lowest BCUT2D eigenvalue weighted by molar-refractivity contribution is -0.145. The molecule has 0 aromatic heterocycles. The molecule has 5 heteroatoms. The van der Waals surface area contributed by atoms with Gasteiger partial charge in [0, 0.05) is 13.1 Å². The van der Waals surface area contributed by atoms with E-state index >= 15 is 0 Å². The molecule has 5 nitrogen and oxygen atoms in total. The molecule has 0 aromatic carbocycles. The highest BCUT2D eigenvalue weighted by Crippen LogP contribution is 2.58. The van der Waals surface area contributed by atoms with Crippen molar-refractivity contribution in [3.8, 4) is 0 Å². The van der Waals surface area contributed by atoms with Gasteiger partial charge >= 0.3 is 12.1 Å². The summed E-state index contributed by atoms with van der Waals surface area (Å²) in [6.07, 6.45) is 0.914. The van der Waals surface area contributed by atoms with Crippen LogP contribution in [-0.2, 0) is 9.53 Å². The first kappa shape index (κ1) is 12.2. The molecule has 2 rings (SSSR count). The Morgan fingerprint density at radius 3 is 2.53 bits per heavy atom. The molecule has 1 saturated heterocycles. The largest absolute Gasteiger partial charge is 0.481 e. The summed E-state index contributed by atoms with van der Waals surface area (Å²) < 4.78 is 5.28. The Balaban J connectivity index is 1.92. The first-order valence-electron chi connectivity index (χ1n) is 5.96. The molecule has 2 aliphatic rings. The number of rotatable bonds is 1. The molecule has 1 heterocycles. The lowest BCUT2D eigenvalue weighted by Gasteiger charge is -2.31. The quantitative estimate of drug-likeness (QED) is 0.759. The molecule has 96 valence electrons. The van der Waals surface area contributed by atoms with Gasteiger partial charge in [0.2, 0.25) is 0 Å². The van der Waals surface area contributed by atoms with Crippen molar-refractivity contribution in [3.05, 3.63) is 0 Å². The number of piperidine rings is 1. The molecule has 0 unspecified atom stereocenters. The van der Waals surface area contributed by atoms with Gasteiger partial charge in [0.05, 0.1) is 5.41 Å². The fourth-order valence-electron chi connectivity index (χ4n) is 2.48. The van der Waals surface area contributed by atoms with Crippen molar-refractivity contribution < 1.29 is 19.4 Å². The van der Waals surface area contributed by atoms with Crippen LogP contribution in [0.5, 0.6) is 0 Å². The maximum atomic E-state index is 11.8. The van der Waals surface area contributed by atoms with E-state index in [2.05, 4.69) is 0 Å². The Labute approximate surface area is 101 Å². The molecule has 17 heavy (non-hydrogen) atoms. The molecule has 0 bridgehead atoms. The van der Waals surface area contributed by atoms with Gasteiger partial charge in [-0.15, -0.1) is 0 Å². The number of ether oxygens (including phenoxy) is 1. The maximum Gasteiger partial charge on any atom is 0.410 e. The van der Waals surface area contributed by atoms with Gasteiger partial charge in [-0.25, -0.2) is 4.79 Å². The lowest BCUT2D eigenvalue weighted by atomic mass is 9.96. The third kappa shape index (κ3) is 2.23. The van der Waals surface area contributed by atoms with Gasteiger partial charge in [-0.2, -0.15) is 0 Å². The summed E-state index contributed by atoms with van der Waals surface area (Å²) in [5.41, 5.74) is -1.04. The van der Waals surface area contributed by atoms with Crippen LogP contribution in [-0.4, -0.2) is 40.8 Å². The van der Waals surface area contributed by atoms with Gasteiger partial charge in [-0.3, -0.25) is 4.79 Å². The van der Waals surface area contributed by atoms with Crippen LogP contribution in [0.2, 0.25) is 0 Å². The van der Waals surface area contributed by atoms with Gasteiger partial charge in [-0.1, -0.05) is 0 Å². The standard InChI is InChI=1S/C12H19NO4/c1-11(2,3)17-10(16)13-5-4-12(9(14)15)6-8(12)7-13/h8H,4-7H2,1-3H3,(H,14,15)/t8-,12+/m0/s1. The summed E-state index contributed by atoms with van der Waals surface area (Å²) in [5.74, 6) is -0.604. The number of amides is 1. The Morgan fingerprint density at radius 1 is 1.41 bits per heavy atom. The molecular formula is C12H19NO4. The van der Waals surface area contributed by atoms with Gasteiger partial charge < -0.3 is 14.7 Å². The highest BCUT2D eigenvalue weighted by molar-refractivity contribution is 5.79. The minimum absolute atomic E-state index is 0.112. The molecule has 0 radical (unpaired) electrons. The van der Waals surface area contributed by atoms with Crippen LogP contribution in [0.15, 0.2) is 0 Å². The van der Waals surface area contributed by atoms with Crippen LogP contribution in [0.3, 0.4) is 0 Å². The van der Waals surface area contributed by atoms with Gasteiger partial charge in [0.15, 0.2) is 0 Å². The van der Waals surface area contributed by atoms with Gasteiger partial charge in [0.1, 0.15) is 5.60 Å². The Hall–Kier alpha value is -1.26. The molecule has 1 amide bonds. The van der Waals surface area contributed by atoms with Crippen molar-refractivity contribution >= 4 is 12.1 Å². The zero-order valence-corrected chi connectivity index (χ0v) is 10.5. The number of hydrogen-bond donors (Lipinski definition) is 1. The topological polar surface area (TPSA) is 66.8 Å². The second-order valence-corrected chi connectivity index (χ2v) is 6.04. The molecule has 1 aliphatic carbocycles. The summed E-state index contributed by atoms with van der Waals surface area (Å²) in [6.45, 7) is 6.48. The number of fused-ring (bicyclic) bond motifs is 1. The summed E-state index contributed by atoms with van der Waals surface area (Å²) >= 11 is 0. The Bertz CT molecular complexity index is 360. The minimum Gasteiger partial charge on any atom is -0.481 e. The average molecular weight is 241 g/mol. The number of likely N-dealkylation sites (tertiary alicyclic amines) is 1. The molecule has 0 aromatic rings. The van der Waals surface area contributed by atoms with E-state index in [0.29, 0.717) is 25.9 Å². The van der Waals surface area contributed by atoms with Crippen LogP contribution < -0.4 is 0 Å². The fraction of sp³-hybridized carbons (Fsp3) is 0.833. The SMILES string of the molecule is CC(C)(C)OC(=O)N1CC[C@@]2(C(=O)O)C[C@H]2C1. The number of carbonyl (C=O) groups excluding carboxylic acids is 1. The van der Waals surface area contributed by atoms with E-state index in [0.717, 1.165) is 0 Å². The van der Waals surface area contributed by atoms with E-state index in [1.807, 2.05) is 20.8 Å². The normalized spacial score (nSPS) is 31.7. The van der Waals surface area contributed by atoms with Crippen molar-refractivity contribution in [2.75, 3.05) is 13.1 Å². The summed E-state index contributed by atoms with van der Waals surface area (Å²) in [7, 11) is 0. The van der Waals surface area contributed by atoms with Crippen LogP contribution in [0.4, 0.5) is 4.79 Å². The van der Waals surface area contributed by atoms with E-state index in [9.17, 15) is 9.59 Å². The molecule has 2 fully saturated rings. The third-order valence-electron chi connectivity index (χ3n) is 3.58. The number of carboxylic acid groups (broad SMARTS) is 1. The Morgan fingerprint density at radius 2 is 2.06 bits per heavy atom. The predicted octanol–water partition coefficient (Wildman–Crippen LogP) is 1.72. The highest BCUT2D eigenvalue weighted by Gasteiger charge is 2.62. The van der Waals surface area contributed by atoms with Crippen molar-refractivity contribution in [1.82, 2.24) is 4.90 Å².